The van der Waals surface area contributed by atoms with Crippen molar-refractivity contribution in [1.82, 2.24) is 4.90 Å². The number of benzene rings is 2. The molecule has 2 aromatic rings. The van der Waals surface area contributed by atoms with Crippen LogP contribution in [0.4, 0.5) is 4.39 Å². The molecular formula is C18H20FNO2. The van der Waals surface area contributed by atoms with Gasteiger partial charge in [-0.1, -0.05) is 36.4 Å². The monoisotopic (exact) mass is 301 g/mol. The average molecular weight is 301 g/mol. The molecule has 0 saturated heterocycles. The average Bonchev–Trinajstić information content (AvgIpc) is 2.54. The molecule has 116 valence electrons. The third-order valence-electron chi connectivity index (χ3n) is 3.59. The zero-order chi connectivity index (χ0) is 15.9. The van der Waals surface area contributed by atoms with E-state index in [-0.39, 0.29) is 18.3 Å². The van der Waals surface area contributed by atoms with Crippen molar-refractivity contribution in [3.05, 3.63) is 65.5 Å². The number of aryl methyl sites for hydroxylation is 1. The van der Waals surface area contributed by atoms with E-state index in [1.165, 1.54) is 6.07 Å². The number of hydrogen-bond acceptors (Lipinski definition) is 2. The van der Waals surface area contributed by atoms with E-state index in [0.717, 1.165) is 11.3 Å². The first-order chi connectivity index (χ1) is 10.6. The molecule has 0 saturated carbocycles. The Morgan fingerprint density at radius 3 is 2.41 bits per heavy atom. The van der Waals surface area contributed by atoms with Crippen LogP contribution in [0, 0.1) is 5.82 Å². The molecule has 0 bridgehead atoms. The van der Waals surface area contributed by atoms with Crippen molar-refractivity contribution in [3.8, 4) is 5.75 Å². The summed E-state index contributed by atoms with van der Waals surface area (Å²) in [5.41, 5.74) is 1.52. The number of rotatable bonds is 6. The molecule has 0 aliphatic heterocycles. The first-order valence-electron chi connectivity index (χ1n) is 7.21. The normalized spacial score (nSPS) is 10.3. The predicted octanol–water partition coefficient (Wildman–Crippen LogP) is 3.43. The molecule has 0 unspecified atom stereocenters. The first-order valence-corrected chi connectivity index (χ1v) is 7.21. The van der Waals surface area contributed by atoms with Crippen LogP contribution in [-0.4, -0.2) is 25.0 Å². The van der Waals surface area contributed by atoms with E-state index in [0.29, 0.717) is 18.4 Å². The van der Waals surface area contributed by atoms with Crippen LogP contribution in [0.5, 0.6) is 5.75 Å². The molecule has 0 aliphatic carbocycles. The minimum absolute atomic E-state index is 0.0193. The molecule has 2 aromatic carbocycles. The van der Waals surface area contributed by atoms with E-state index < -0.39 is 0 Å². The van der Waals surface area contributed by atoms with Gasteiger partial charge in [0.05, 0.1) is 7.11 Å². The van der Waals surface area contributed by atoms with Gasteiger partial charge in [0.1, 0.15) is 11.6 Å². The van der Waals surface area contributed by atoms with Gasteiger partial charge in [-0.3, -0.25) is 4.79 Å². The largest absolute Gasteiger partial charge is 0.496 e. The van der Waals surface area contributed by atoms with Crippen LogP contribution in [0.3, 0.4) is 0 Å². The minimum Gasteiger partial charge on any atom is -0.496 e. The van der Waals surface area contributed by atoms with Crippen molar-refractivity contribution in [2.75, 3.05) is 14.2 Å². The van der Waals surface area contributed by atoms with Gasteiger partial charge >= 0.3 is 0 Å². The fourth-order valence-corrected chi connectivity index (χ4v) is 2.31. The van der Waals surface area contributed by atoms with Crippen LogP contribution in [-0.2, 0) is 17.8 Å². The van der Waals surface area contributed by atoms with E-state index >= 15 is 0 Å². The third-order valence-corrected chi connectivity index (χ3v) is 3.59. The lowest BCUT2D eigenvalue weighted by molar-refractivity contribution is -0.130. The van der Waals surface area contributed by atoms with E-state index in [9.17, 15) is 9.18 Å². The van der Waals surface area contributed by atoms with Gasteiger partial charge in [-0.05, 0) is 24.1 Å². The summed E-state index contributed by atoms with van der Waals surface area (Å²) in [7, 11) is 3.31. The number of ether oxygens (including phenoxy) is 1. The zero-order valence-corrected chi connectivity index (χ0v) is 12.9. The SMILES string of the molecule is COc1ccccc1CCC(=O)N(C)Cc1ccccc1F. The molecule has 0 N–H and O–H groups in total. The van der Waals surface area contributed by atoms with Crippen LogP contribution in [0.25, 0.3) is 0 Å². The van der Waals surface area contributed by atoms with Crippen LogP contribution >= 0.6 is 0 Å². The summed E-state index contributed by atoms with van der Waals surface area (Å²) in [4.78, 5) is 13.7. The molecule has 1 amide bonds. The van der Waals surface area contributed by atoms with Crippen molar-refractivity contribution >= 4 is 5.91 Å². The van der Waals surface area contributed by atoms with Crippen molar-refractivity contribution in [2.45, 2.75) is 19.4 Å². The quantitative estimate of drug-likeness (QED) is 0.818. The molecule has 4 heteroatoms. The fraction of sp³-hybridized carbons (Fsp3) is 0.278. The Balaban J connectivity index is 1.93. The lowest BCUT2D eigenvalue weighted by Gasteiger charge is -2.18. The highest BCUT2D eigenvalue weighted by atomic mass is 19.1. The van der Waals surface area contributed by atoms with Gasteiger partial charge in [-0.2, -0.15) is 0 Å². The maximum absolute atomic E-state index is 13.6. The summed E-state index contributed by atoms with van der Waals surface area (Å²) >= 11 is 0. The Labute approximate surface area is 130 Å². The Morgan fingerprint density at radius 1 is 1.09 bits per heavy atom. The summed E-state index contributed by atoms with van der Waals surface area (Å²) in [6, 6.07) is 14.2. The van der Waals surface area contributed by atoms with Crippen LogP contribution < -0.4 is 4.74 Å². The van der Waals surface area contributed by atoms with E-state index in [2.05, 4.69) is 0 Å². The molecule has 3 nitrogen and oxygen atoms in total. The zero-order valence-electron chi connectivity index (χ0n) is 12.9. The van der Waals surface area contributed by atoms with Gasteiger partial charge in [-0.25, -0.2) is 4.39 Å². The van der Waals surface area contributed by atoms with Gasteiger partial charge in [0.25, 0.3) is 0 Å². The van der Waals surface area contributed by atoms with E-state index in [1.54, 1.807) is 37.3 Å². The third kappa shape index (κ3) is 4.07. The standard InChI is InChI=1S/C18H20FNO2/c1-20(13-15-8-3-5-9-16(15)19)18(21)12-11-14-7-4-6-10-17(14)22-2/h3-10H,11-13H2,1-2H3. The van der Waals surface area contributed by atoms with Crippen LogP contribution in [0.2, 0.25) is 0 Å². The van der Waals surface area contributed by atoms with Crippen molar-refractivity contribution in [1.29, 1.82) is 0 Å². The molecule has 0 atom stereocenters. The summed E-state index contributed by atoms with van der Waals surface area (Å²) in [6.07, 6.45) is 0.968. The van der Waals surface area contributed by atoms with Gasteiger partial charge in [0, 0.05) is 25.6 Å². The van der Waals surface area contributed by atoms with Crippen molar-refractivity contribution in [3.63, 3.8) is 0 Å². The Bertz CT molecular complexity index is 642. The summed E-state index contributed by atoms with van der Waals surface area (Å²) in [6.45, 7) is 0.275. The summed E-state index contributed by atoms with van der Waals surface area (Å²) in [5.74, 6) is 0.480. The highest BCUT2D eigenvalue weighted by molar-refractivity contribution is 5.76. The molecule has 2 rings (SSSR count). The second-order valence-corrected chi connectivity index (χ2v) is 5.15. The van der Waals surface area contributed by atoms with Crippen molar-refractivity contribution < 1.29 is 13.9 Å². The van der Waals surface area contributed by atoms with E-state index in [4.69, 9.17) is 4.74 Å². The number of nitrogens with zero attached hydrogens (tertiary/aromatic N) is 1. The maximum Gasteiger partial charge on any atom is 0.222 e. The molecule has 0 aliphatic rings. The number of carbonyl (C=O) groups excluding carboxylic acids is 1. The number of hydrogen-bond donors (Lipinski definition) is 0. The van der Waals surface area contributed by atoms with Crippen LogP contribution in [0.1, 0.15) is 17.5 Å². The number of amides is 1. The van der Waals surface area contributed by atoms with Gasteiger partial charge in [0.15, 0.2) is 0 Å². The lowest BCUT2D eigenvalue weighted by Crippen LogP contribution is -2.26. The van der Waals surface area contributed by atoms with Crippen molar-refractivity contribution in [2.24, 2.45) is 0 Å². The molecule has 0 heterocycles. The predicted molar refractivity (Wildman–Crippen MR) is 84.2 cm³/mol. The summed E-state index contributed by atoms with van der Waals surface area (Å²) in [5, 5.41) is 0. The molecule has 0 aromatic heterocycles. The van der Waals surface area contributed by atoms with E-state index in [1.807, 2.05) is 24.3 Å². The topological polar surface area (TPSA) is 29.5 Å². The van der Waals surface area contributed by atoms with Gasteiger partial charge in [0.2, 0.25) is 5.91 Å². The Hall–Kier alpha value is -2.36. The number of halogens is 1. The second kappa shape index (κ2) is 7.59. The molecular weight excluding hydrogens is 281 g/mol. The highest BCUT2D eigenvalue weighted by Gasteiger charge is 2.12. The number of para-hydroxylation sites is 1. The second-order valence-electron chi connectivity index (χ2n) is 5.15. The first kappa shape index (κ1) is 16.0. The van der Waals surface area contributed by atoms with Gasteiger partial charge in [-0.15, -0.1) is 0 Å². The molecule has 0 spiro atoms. The molecule has 0 fully saturated rings. The molecule has 0 radical (unpaired) electrons. The minimum atomic E-state index is -0.285. The maximum atomic E-state index is 13.6. The summed E-state index contributed by atoms with van der Waals surface area (Å²) < 4.78 is 18.9. The van der Waals surface area contributed by atoms with Gasteiger partial charge < -0.3 is 9.64 Å². The number of methoxy groups -OCH3 is 1. The smallest absolute Gasteiger partial charge is 0.222 e. The number of carbonyl (C=O) groups is 1. The Morgan fingerprint density at radius 2 is 1.73 bits per heavy atom. The lowest BCUT2D eigenvalue weighted by atomic mass is 10.1. The fourth-order valence-electron chi connectivity index (χ4n) is 2.31. The van der Waals surface area contributed by atoms with Crippen LogP contribution in [0.15, 0.2) is 48.5 Å². The molecule has 22 heavy (non-hydrogen) atoms. The highest BCUT2D eigenvalue weighted by Crippen LogP contribution is 2.19. The Kier molecular flexibility index (Phi) is 5.53.